The Kier molecular flexibility index (Phi) is 2.51. The molecule has 1 aliphatic rings. The lowest BCUT2D eigenvalue weighted by Gasteiger charge is -1.92. The number of rotatable bonds is 2. The van der Waals surface area contributed by atoms with Crippen LogP contribution in [-0.2, 0) is 12.8 Å². The molecule has 0 radical (unpaired) electrons. The number of nitrogens with two attached hydrogens (primary N) is 1. The lowest BCUT2D eigenvalue weighted by atomic mass is 10.2. The van der Waals surface area contributed by atoms with Gasteiger partial charge in [0.1, 0.15) is 0 Å². The summed E-state index contributed by atoms with van der Waals surface area (Å²) in [5.41, 5.74) is 7.21. The average molecular weight is 193 g/mol. The van der Waals surface area contributed by atoms with Crippen LogP contribution in [0.4, 0.5) is 0 Å². The molecular formula is C11H15NS. The molecule has 1 nitrogen and oxygen atoms in total. The van der Waals surface area contributed by atoms with Gasteiger partial charge in [-0.1, -0.05) is 6.08 Å². The molecule has 1 heterocycles. The Morgan fingerprint density at radius 2 is 2.38 bits per heavy atom. The number of hydrogen-bond donors (Lipinski definition) is 1. The number of thiophene rings is 1. The molecule has 1 atom stereocenters. The zero-order valence-electron chi connectivity index (χ0n) is 7.92. The van der Waals surface area contributed by atoms with Crippen molar-refractivity contribution in [3.8, 4) is 0 Å². The molecule has 0 saturated carbocycles. The van der Waals surface area contributed by atoms with Crippen molar-refractivity contribution in [3.63, 3.8) is 0 Å². The van der Waals surface area contributed by atoms with Crippen LogP contribution in [0, 0.1) is 0 Å². The number of hydrogen-bond acceptors (Lipinski definition) is 2. The first-order valence-corrected chi connectivity index (χ1v) is 5.63. The zero-order valence-corrected chi connectivity index (χ0v) is 8.73. The van der Waals surface area contributed by atoms with Crippen molar-refractivity contribution >= 4 is 17.4 Å². The third kappa shape index (κ3) is 2.01. The minimum atomic E-state index is 0.164. The molecule has 13 heavy (non-hydrogen) atoms. The Morgan fingerprint density at radius 1 is 1.54 bits per heavy atom. The van der Waals surface area contributed by atoms with E-state index < -0.39 is 0 Å². The lowest BCUT2D eigenvalue weighted by molar-refractivity contribution is 0.914. The first-order valence-electron chi connectivity index (χ1n) is 4.81. The third-order valence-electron chi connectivity index (χ3n) is 2.33. The van der Waals surface area contributed by atoms with E-state index in [1.54, 1.807) is 10.4 Å². The van der Waals surface area contributed by atoms with Crippen molar-refractivity contribution < 1.29 is 0 Å². The van der Waals surface area contributed by atoms with Gasteiger partial charge in [0.25, 0.3) is 0 Å². The van der Waals surface area contributed by atoms with Crippen molar-refractivity contribution in [1.82, 2.24) is 0 Å². The summed E-state index contributed by atoms with van der Waals surface area (Å²) in [6, 6.07) is 2.48. The number of aryl methyl sites for hydroxylation is 2. The van der Waals surface area contributed by atoms with Crippen LogP contribution in [0.5, 0.6) is 0 Å². The first-order chi connectivity index (χ1) is 6.25. The van der Waals surface area contributed by atoms with Crippen molar-refractivity contribution in [1.29, 1.82) is 0 Å². The summed E-state index contributed by atoms with van der Waals surface area (Å²) in [5.74, 6) is 0. The Morgan fingerprint density at radius 3 is 3.08 bits per heavy atom. The lowest BCUT2D eigenvalue weighted by Crippen LogP contribution is -2.09. The van der Waals surface area contributed by atoms with Gasteiger partial charge in [-0.2, -0.15) is 0 Å². The van der Waals surface area contributed by atoms with E-state index in [9.17, 15) is 0 Å². The molecule has 0 bridgehead atoms. The van der Waals surface area contributed by atoms with E-state index in [4.69, 9.17) is 5.73 Å². The summed E-state index contributed by atoms with van der Waals surface area (Å²) in [5, 5.41) is 0. The van der Waals surface area contributed by atoms with Gasteiger partial charge in [-0.15, -0.1) is 11.3 Å². The van der Waals surface area contributed by atoms with Crippen molar-refractivity contribution in [2.24, 2.45) is 5.73 Å². The van der Waals surface area contributed by atoms with Gasteiger partial charge >= 0.3 is 0 Å². The molecule has 0 aromatic carbocycles. The molecule has 0 spiro atoms. The summed E-state index contributed by atoms with van der Waals surface area (Å²) in [6.45, 7) is 2.00. The van der Waals surface area contributed by atoms with Crippen molar-refractivity contribution in [3.05, 3.63) is 27.5 Å². The van der Waals surface area contributed by atoms with Gasteiger partial charge in [-0.05, 0) is 43.9 Å². The van der Waals surface area contributed by atoms with Crippen LogP contribution < -0.4 is 5.73 Å². The van der Waals surface area contributed by atoms with Crippen LogP contribution in [0.1, 0.15) is 28.7 Å². The summed E-state index contributed by atoms with van der Waals surface area (Å²) < 4.78 is 0. The fraction of sp³-hybridized carbons (Fsp3) is 0.455. The fourth-order valence-corrected chi connectivity index (χ4v) is 2.85. The maximum absolute atomic E-state index is 5.65. The van der Waals surface area contributed by atoms with Crippen LogP contribution in [-0.4, -0.2) is 6.04 Å². The number of fused-ring (bicyclic) bond motifs is 1. The minimum Gasteiger partial charge on any atom is -0.325 e. The molecule has 0 amide bonds. The average Bonchev–Trinajstić information content (AvgIpc) is 2.58. The SMILES string of the molecule is CC(N)/C=C/c1cc2c(s1)CCC2. The largest absolute Gasteiger partial charge is 0.325 e. The second-order valence-corrected chi connectivity index (χ2v) is 4.84. The van der Waals surface area contributed by atoms with Gasteiger partial charge in [0.05, 0.1) is 0 Å². The van der Waals surface area contributed by atoms with Gasteiger partial charge < -0.3 is 5.73 Å². The zero-order chi connectivity index (χ0) is 9.26. The standard InChI is InChI=1S/C11H15NS/c1-8(12)5-6-10-7-9-3-2-4-11(9)13-10/h5-8H,2-4,12H2,1H3/b6-5+. The molecule has 1 aliphatic carbocycles. The highest BCUT2D eigenvalue weighted by Crippen LogP contribution is 2.31. The van der Waals surface area contributed by atoms with E-state index in [1.165, 1.54) is 24.1 Å². The van der Waals surface area contributed by atoms with E-state index in [0.29, 0.717) is 0 Å². The second-order valence-electron chi connectivity index (χ2n) is 3.67. The van der Waals surface area contributed by atoms with E-state index in [0.717, 1.165) is 0 Å². The Balaban J connectivity index is 2.15. The summed E-state index contributed by atoms with van der Waals surface area (Å²) in [4.78, 5) is 2.95. The van der Waals surface area contributed by atoms with E-state index >= 15 is 0 Å². The van der Waals surface area contributed by atoms with E-state index in [2.05, 4.69) is 18.2 Å². The van der Waals surface area contributed by atoms with Crippen molar-refractivity contribution in [2.45, 2.75) is 32.2 Å². The van der Waals surface area contributed by atoms with Gasteiger partial charge in [-0.3, -0.25) is 0 Å². The molecule has 0 fully saturated rings. The molecule has 2 rings (SSSR count). The Hall–Kier alpha value is -0.600. The highest BCUT2D eigenvalue weighted by molar-refractivity contribution is 7.13. The normalized spacial score (nSPS) is 18.0. The first kappa shape index (κ1) is 8.97. The van der Waals surface area contributed by atoms with Crippen LogP contribution >= 0.6 is 11.3 Å². The molecule has 0 aliphatic heterocycles. The molecule has 0 saturated heterocycles. The van der Waals surface area contributed by atoms with Gasteiger partial charge in [0.15, 0.2) is 0 Å². The molecule has 1 unspecified atom stereocenters. The quantitative estimate of drug-likeness (QED) is 0.767. The van der Waals surface area contributed by atoms with Gasteiger partial charge in [0.2, 0.25) is 0 Å². The minimum absolute atomic E-state index is 0.164. The molecule has 2 heteroatoms. The predicted octanol–water partition coefficient (Wildman–Crippen LogP) is 2.60. The second kappa shape index (κ2) is 3.64. The molecule has 2 N–H and O–H groups in total. The molecule has 70 valence electrons. The Bertz CT molecular complexity index is 301. The smallest absolute Gasteiger partial charge is 0.0273 e. The molecule has 1 aromatic heterocycles. The summed E-state index contributed by atoms with van der Waals surface area (Å²) in [6.07, 6.45) is 8.11. The van der Waals surface area contributed by atoms with Crippen LogP contribution in [0.15, 0.2) is 12.1 Å². The van der Waals surface area contributed by atoms with E-state index in [-0.39, 0.29) is 6.04 Å². The van der Waals surface area contributed by atoms with Gasteiger partial charge in [-0.25, -0.2) is 0 Å². The molecule has 1 aromatic rings. The van der Waals surface area contributed by atoms with E-state index in [1.807, 2.05) is 18.3 Å². The van der Waals surface area contributed by atoms with Crippen LogP contribution in [0.3, 0.4) is 0 Å². The maximum Gasteiger partial charge on any atom is 0.0273 e. The highest BCUT2D eigenvalue weighted by Gasteiger charge is 2.13. The van der Waals surface area contributed by atoms with Gasteiger partial charge in [0, 0.05) is 15.8 Å². The Labute approximate surface area is 83.3 Å². The monoisotopic (exact) mass is 193 g/mol. The topological polar surface area (TPSA) is 26.0 Å². The summed E-state index contributed by atoms with van der Waals surface area (Å²) in [7, 11) is 0. The third-order valence-corrected chi connectivity index (χ3v) is 3.53. The van der Waals surface area contributed by atoms with Crippen molar-refractivity contribution in [2.75, 3.05) is 0 Å². The highest BCUT2D eigenvalue weighted by atomic mass is 32.1. The fourth-order valence-electron chi connectivity index (χ4n) is 1.68. The van der Waals surface area contributed by atoms with Crippen LogP contribution in [0.25, 0.3) is 6.08 Å². The summed E-state index contributed by atoms with van der Waals surface area (Å²) >= 11 is 1.92. The maximum atomic E-state index is 5.65. The van der Waals surface area contributed by atoms with Crippen LogP contribution in [0.2, 0.25) is 0 Å². The molecular weight excluding hydrogens is 178 g/mol. The predicted molar refractivity (Wildman–Crippen MR) is 59.0 cm³/mol.